The summed E-state index contributed by atoms with van der Waals surface area (Å²) in [5.74, 6) is -1.11. The topological polar surface area (TPSA) is 0 Å². The van der Waals surface area contributed by atoms with Crippen LogP contribution in [0.3, 0.4) is 0 Å². The fourth-order valence-electron chi connectivity index (χ4n) is 1.35. The van der Waals surface area contributed by atoms with E-state index in [1.165, 1.54) is 18.2 Å². The van der Waals surface area contributed by atoms with Crippen molar-refractivity contribution in [3.05, 3.63) is 48.1 Å². The molecule has 0 fully saturated rings. The maximum absolute atomic E-state index is 13.1. The van der Waals surface area contributed by atoms with E-state index in [0.717, 1.165) is 0 Å². The third kappa shape index (κ3) is 2.14. The molecule has 1 aromatic carbocycles. The molecule has 0 bridgehead atoms. The van der Waals surface area contributed by atoms with Crippen LogP contribution in [-0.4, -0.2) is 0 Å². The zero-order chi connectivity index (χ0) is 9.84. The molecule has 0 aliphatic carbocycles. The van der Waals surface area contributed by atoms with Crippen LogP contribution in [0.15, 0.2) is 30.9 Å². The van der Waals surface area contributed by atoms with Gasteiger partial charge in [-0.05, 0) is 24.5 Å². The van der Waals surface area contributed by atoms with Crippen molar-refractivity contribution >= 4 is 0 Å². The van der Waals surface area contributed by atoms with Crippen LogP contribution in [0.4, 0.5) is 8.78 Å². The number of benzene rings is 1. The van der Waals surface area contributed by atoms with Crippen LogP contribution in [0.1, 0.15) is 24.8 Å². The summed E-state index contributed by atoms with van der Waals surface area (Å²) >= 11 is 0. The summed E-state index contributed by atoms with van der Waals surface area (Å²) in [6.45, 7) is 5.32. The lowest BCUT2D eigenvalue weighted by atomic mass is 9.97. The Morgan fingerprint density at radius 1 is 1.38 bits per heavy atom. The average molecular weight is 182 g/mol. The molecule has 1 unspecified atom stereocenters. The molecule has 0 amide bonds. The van der Waals surface area contributed by atoms with Gasteiger partial charge in [-0.2, -0.15) is 0 Å². The Bertz CT molecular complexity index is 285. The van der Waals surface area contributed by atoms with Crippen molar-refractivity contribution in [3.63, 3.8) is 0 Å². The number of hydrogen-bond acceptors (Lipinski definition) is 0. The predicted octanol–water partition coefficient (Wildman–Crippen LogP) is 3.64. The van der Waals surface area contributed by atoms with Crippen molar-refractivity contribution in [1.82, 2.24) is 0 Å². The van der Waals surface area contributed by atoms with E-state index >= 15 is 0 Å². The maximum Gasteiger partial charge on any atom is 0.129 e. The van der Waals surface area contributed by atoms with Gasteiger partial charge >= 0.3 is 0 Å². The molecule has 0 heterocycles. The van der Waals surface area contributed by atoms with Gasteiger partial charge in [-0.25, -0.2) is 8.78 Å². The van der Waals surface area contributed by atoms with E-state index in [-0.39, 0.29) is 11.5 Å². The minimum Gasteiger partial charge on any atom is -0.207 e. The Labute approximate surface area is 76.9 Å². The molecule has 2 heteroatoms. The molecule has 1 rings (SSSR count). The highest BCUT2D eigenvalue weighted by Crippen LogP contribution is 2.24. The molecule has 13 heavy (non-hydrogen) atoms. The van der Waals surface area contributed by atoms with Crippen molar-refractivity contribution < 1.29 is 8.78 Å². The third-order valence-electron chi connectivity index (χ3n) is 2.01. The molecule has 0 aliphatic rings. The van der Waals surface area contributed by atoms with Gasteiger partial charge in [0, 0.05) is 5.56 Å². The summed E-state index contributed by atoms with van der Waals surface area (Å²) < 4.78 is 26.3. The van der Waals surface area contributed by atoms with Crippen molar-refractivity contribution in [1.29, 1.82) is 0 Å². The molecule has 70 valence electrons. The summed E-state index contributed by atoms with van der Waals surface area (Å²) in [6, 6.07) is 3.92. The zero-order valence-corrected chi connectivity index (χ0v) is 7.56. The van der Waals surface area contributed by atoms with Crippen LogP contribution < -0.4 is 0 Å². The second kappa shape index (κ2) is 4.17. The molecule has 0 aliphatic heterocycles. The number of hydrogen-bond donors (Lipinski definition) is 0. The molecule has 0 N–H and O–H groups in total. The van der Waals surface area contributed by atoms with E-state index in [1.807, 2.05) is 0 Å². The van der Waals surface area contributed by atoms with Gasteiger partial charge in [0.25, 0.3) is 0 Å². The minimum atomic E-state index is -0.477. The van der Waals surface area contributed by atoms with Crippen LogP contribution >= 0.6 is 0 Å². The van der Waals surface area contributed by atoms with E-state index in [9.17, 15) is 8.78 Å². The fraction of sp³-hybridized carbons (Fsp3) is 0.273. The molecule has 0 aromatic heterocycles. The smallest absolute Gasteiger partial charge is 0.129 e. The molecular formula is C11H12F2. The Morgan fingerprint density at radius 2 is 1.92 bits per heavy atom. The highest BCUT2D eigenvalue weighted by Gasteiger charge is 2.13. The second-order valence-electron chi connectivity index (χ2n) is 3.06. The Morgan fingerprint density at radius 3 is 2.38 bits per heavy atom. The molecule has 1 aromatic rings. The predicted molar refractivity (Wildman–Crippen MR) is 49.6 cm³/mol. The minimum absolute atomic E-state index is 0.154. The van der Waals surface area contributed by atoms with E-state index < -0.39 is 11.6 Å². The van der Waals surface area contributed by atoms with Crippen molar-refractivity contribution in [2.24, 2.45) is 0 Å². The summed E-state index contributed by atoms with van der Waals surface area (Å²) in [6.07, 6.45) is 2.24. The molecule has 0 saturated carbocycles. The van der Waals surface area contributed by atoms with Gasteiger partial charge in [-0.3, -0.25) is 0 Å². The van der Waals surface area contributed by atoms with Gasteiger partial charge in [-0.1, -0.05) is 19.1 Å². The van der Waals surface area contributed by atoms with Gasteiger partial charge in [0.2, 0.25) is 0 Å². The van der Waals surface area contributed by atoms with Crippen LogP contribution in [0.2, 0.25) is 0 Å². The van der Waals surface area contributed by atoms with Crippen molar-refractivity contribution in [2.75, 3.05) is 0 Å². The van der Waals surface area contributed by atoms with Gasteiger partial charge < -0.3 is 0 Å². The van der Waals surface area contributed by atoms with Gasteiger partial charge in [0.05, 0.1) is 0 Å². The van der Waals surface area contributed by atoms with E-state index in [0.29, 0.717) is 6.42 Å². The Hall–Kier alpha value is -1.18. The first-order valence-corrected chi connectivity index (χ1v) is 4.21. The van der Waals surface area contributed by atoms with E-state index in [4.69, 9.17) is 0 Å². The highest BCUT2D eigenvalue weighted by atomic mass is 19.1. The maximum atomic E-state index is 13.1. The second-order valence-corrected chi connectivity index (χ2v) is 3.06. The first-order valence-electron chi connectivity index (χ1n) is 4.21. The molecular weight excluding hydrogens is 170 g/mol. The number of allylic oxidation sites excluding steroid dienone is 1. The average Bonchev–Trinajstić information content (AvgIpc) is 2.04. The Balaban J connectivity index is 3.04. The normalized spacial score (nSPS) is 12.5. The summed E-state index contributed by atoms with van der Waals surface area (Å²) in [4.78, 5) is 0. The van der Waals surface area contributed by atoms with Crippen molar-refractivity contribution in [2.45, 2.75) is 19.3 Å². The number of halogens is 2. The lowest BCUT2D eigenvalue weighted by Gasteiger charge is -2.10. The van der Waals surface area contributed by atoms with Crippen molar-refractivity contribution in [3.8, 4) is 0 Å². The summed E-state index contributed by atoms with van der Waals surface area (Å²) in [7, 11) is 0. The lowest BCUT2D eigenvalue weighted by Crippen LogP contribution is -1.99. The monoisotopic (exact) mass is 182 g/mol. The van der Waals surface area contributed by atoms with Crippen LogP contribution in [0.5, 0.6) is 0 Å². The van der Waals surface area contributed by atoms with Crippen LogP contribution in [-0.2, 0) is 0 Å². The highest BCUT2D eigenvalue weighted by molar-refractivity contribution is 5.23. The third-order valence-corrected chi connectivity index (χ3v) is 2.01. The van der Waals surface area contributed by atoms with E-state index in [2.05, 4.69) is 6.58 Å². The van der Waals surface area contributed by atoms with Crippen LogP contribution in [0, 0.1) is 11.6 Å². The summed E-state index contributed by atoms with van der Waals surface area (Å²) in [5.41, 5.74) is 0.155. The van der Waals surface area contributed by atoms with E-state index in [1.54, 1.807) is 13.0 Å². The Kier molecular flexibility index (Phi) is 3.18. The van der Waals surface area contributed by atoms with Gasteiger partial charge in [-0.15, -0.1) is 6.58 Å². The van der Waals surface area contributed by atoms with Gasteiger partial charge in [0.15, 0.2) is 0 Å². The zero-order valence-electron chi connectivity index (χ0n) is 7.56. The molecule has 0 saturated heterocycles. The number of rotatable bonds is 3. The summed E-state index contributed by atoms with van der Waals surface area (Å²) in [5, 5.41) is 0. The molecule has 0 radical (unpaired) electrons. The molecule has 0 spiro atoms. The molecule has 1 atom stereocenters. The SMILES string of the molecule is C=CCC(C)c1c(F)cccc1F. The first-order chi connectivity index (χ1) is 6.16. The van der Waals surface area contributed by atoms with Crippen LogP contribution in [0.25, 0.3) is 0 Å². The quantitative estimate of drug-likeness (QED) is 0.626. The fourth-order valence-corrected chi connectivity index (χ4v) is 1.35. The molecule has 0 nitrogen and oxygen atoms in total. The standard InChI is InChI=1S/C11H12F2/c1-3-5-8(2)11-9(12)6-4-7-10(11)13/h3-4,6-8H,1,5H2,2H3. The first kappa shape index (κ1) is 9.90. The largest absolute Gasteiger partial charge is 0.207 e. The van der Waals surface area contributed by atoms with Gasteiger partial charge in [0.1, 0.15) is 11.6 Å². The lowest BCUT2D eigenvalue weighted by molar-refractivity contribution is 0.533.